The molecule has 1 heterocycles. The van der Waals surface area contributed by atoms with Gasteiger partial charge in [-0.15, -0.1) is 0 Å². The first-order chi connectivity index (χ1) is 7.59. The van der Waals surface area contributed by atoms with E-state index in [-0.39, 0.29) is 0 Å². The van der Waals surface area contributed by atoms with Gasteiger partial charge in [0, 0.05) is 17.8 Å². The van der Waals surface area contributed by atoms with E-state index >= 15 is 0 Å². The van der Waals surface area contributed by atoms with E-state index in [0.717, 1.165) is 5.69 Å². The lowest BCUT2D eigenvalue weighted by Crippen LogP contribution is -2.32. The van der Waals surface area contributed by atoms with Crippen LogP contribution < -0.4 is 4.90 Å². The number of hydrogen-bond donors (Lipinski definition) is 1. The van der Waals surface area contributed by atoms with Crippen LogP contribution in [-0.4, -0.2) is 23.2 Å². The van der Waals surface area contributed by atoms with Gasteiger partial charge in [0.1, 0.15) is 0 Å². The molecule has 1 aromatic rings. The third-order valence-electron chi connectivity index (χ3n) is 3.36. The van der Waals surface area contributed by atoms with Gasteiger partial charge in [0.2, 0.25) is 0 Å². The number of rotatable bonds is 2. The van der Waals surface area contributed by atoms with Crippen LogP contribution in [-0.2, 0) is 0 Å². The van der Waals surface area contributed by atoms with Crippen LogP contribution in [0.5, 0.6) is 0 Å². The van der Waals surface area contributed by atoms with Gasteiger partial charge in [0.25, 0.3) is 0 Å². The average Bonchev–Trinajstić information content (AvgIpc) is 2.59. The molecule has 1 saturated heterocycles. The molecule has 0 amide bonds. The Morgan fingerprint density at radius 3 is 2.12 bits per heavy atom. The van der Waals surface area contributed by atoms with Crippen LogP contribution in [0.4, 0.5) is 5.69 Å². The van der Waals surface area contributed by atoms with Crippen LogP contribution in [0.1, 0.15) is 37.0 Å². The highest BCUT2D eigenvalue weighted by molar-refractivity contribution is 5.88. The standard InChI is InChI=1S/C13H17NO2/c1-9-3-4-10(2)14(9)12-7-5-11(6-8-12)13(15)16/h5-10H,3-4H2,1-2H3,(H,15,16)/t9-,10-/m0/s1. The highest BCUT2D eigenvalue weighted by atomic mass is 16.4. The van der Waals surface area contributed by atoms with Crippen molar-refractivity contribution in [2.45, 2.75) is 38.8 Å². The number of carboxylic acid groups (broad SMARTS) is 1. The summed E-state index contributed by atoms with van der Waals surface area (Å²) in [6, 6.07) is 8.25. The number of carboxylic acids is 1. The molecular weight excluding hydrogens is 202 g/mol. The molecule has 86 valence electrons. The Morgan fingerprint density at radius 1 is 1.19 bits per heavy atom. The predicted molar refractivity (Wildman–Crippen MR) is 64.0 cm³/mol. The summed E-state index contributed by atoms with van der Waals surface area (Å²) in [7, 11) is 0. The first kappa shape index (κ1) is 11.0. The summed E-state index contributed by atoms with van der Waals surface area (Å²) < 4.78 is 0. The number of carbonyl (C=O) groups is 1. The van der Waals surface area contributed by atoms with Crippen LogP contribution >= 0.6 is 0 Å². The fourth-order valence-corrected chi connectivity index (χ4v) is 2.48. The summed E-state index contributed by atoms with van der Waals surface area (Å²) in [5.41, 5.74) is 1.48. The molecule has 2 atom stereocenters. The lowest BCUT2D eigenvalue weighted by atomic mass is 10.1. The minimum atomic E-state index is -0.867. The van der Waals surface area contributed by atoms with Gasteiger partial charge in [-0.05, 0) is 51.0 Å². The highest BCUT2D eigenvalue weighted by Gasteiger charge is 2.27. The molecule has 0 spiro atoms. The zero-order valence-corrected chi connectivity index (χ0v) is 9.68. The summed E-state index contributed by atoms with van der Waals surface area (Å²) in [5, 5.41) is 8.83. The Morgan fingerprint density at radius 2 is 1.69 bits per heavy atom. The molecule has 1 aromatic carbocycles. The Labute approximate surface area is 95.7 Å². The number of hydrogen-bond acceptors (Lipinski definition) is 2. The maximum atomic E-state index is 10.7. The third-order valence-corrected chi connectivity index (χ3v) is 3.36. The topological polar surface area (TPSA) is 40.5 Å². The van der Waals surface area contributed by atoms with Crippen molar-refractivity contribution in [1.82, 2.24) is 0 Å². The van der Waals surface area contributed by atoms with Gasteiger partial charge >= 0.3 is 5.97 Å². The molecule has 3 nitrogen and oxygen atoms in total. The largest absolute Gasteiger partial charge is 0.478 e. The lowest BCUT2D eigenvalue weighted by Gasteiger charge is -2.28. The summed E-state index contributed by atoms with van der Waals surface area (Å²) in [5.74, 6) is -0.867. The number of anilines is 1. The van der Waals surface area contributed by atoms with E-state index in [2.05, 4.69) is 18.7 Å². The maximum absolute atomic E-state index is 10.7. The summed E-state index contributed by atoms with van der Waals surface area (Å²) >= 11 is 0. The second-order valence-corrected chi connectivity index (χ2v) is 4.53. The number of aromatic carboxylic acids is 1. The van der Waals surface area contributed by atoms with Gasteiger partial charge < -0.3 is 10.0 Å². The molecule has 2 rings (SSSR count). The van der Waals surface area contributed by atoms with Crippen molar-refractivity contribution >= 4 is 11.7 Å². The second kappa shape index (κ2) is 4.16. The van der Waals surface area contributed by atoms with Gasteiger partial charge in [-0.1, -0.05) is 0 Å². The van der Waals surface area contributed by atoms with Crippen molar-refractivity contribution in [3.05, 3.63) is 29.8 Å². The van der Waals surface area contributed by atoms with E-state index < -0.39 is 5.97 Å². The monoisotopic (exact) mass is 219 g/mol. The molecule has 0 saturated carbocycles. The molecule has 0 bridgehead atoms. The van der Waals surface area contributed by atoms with Crippen molar-refractivity contribution in [3.8, 4) is 0 Å². The van der Waals surface area contributed by atoms with Crippen molar-refractivity contribution < 1.29 is 9.90 Å². The van der Waals surface area contributed by atoms with Gasteiger partial charge in [-0.2, -0.15) is 0 Å². The SMILES string of the molecule is C[C@H]1CC[C@H](C)N1c1ccc(C(=O)O)cc1. The smallest absolute Gasteiger partial charge is 0.335 e. The fourth-order valence-electron chi connectivity index (χ4n) is 2.48. The van der Waals surface area contributed by atoms with Gasteiger partial charge in [0.05, 0.1) is 5.56 Å². The van der Waals surface area contributed by atoms with Crippen LogP contribution in [0.15, 0.2) is 24.3 Å². The maximum Gasteiger partial charge on any atom is 0.335 e. The van der Waals surface area contributed by atoms with Gasteiger partial charge in [-0.3, -0.25) is 0 Å². The summed E-state index contributed by atoms with van der Waals surface area (Å²) in [4.78, 5) is 13.1. The van der Waals surface area contributed by atoms with Crippen molar-refractivity contribution in [2.75, 3.05) is 4.90 Å². The molecule has 0 radical (unpaired) electrons. The van der Waals surface area contributed by atoms with Gasteiger partial charge in [-0.25, -0.2) is 4.79 Å². The van der Waals surface area contributed by atoms with Crippen LogP contribution in [0.2, 0.25) is 0 Å². The summed E-state index contributed by atoms with van der Waals surface area (Å²) in [6.07, 6.45) is 2.42. The van der Waals surface area contributed by atoms with E-state index in [9.17, 15) is 4.79 Å². The second-order valence-electron chi connectivity index (χ2n) is 4.53. The van der Waals surface area contributed by atoms with Crippen LogP contribution in [0.25, 0.3) is 0 Å². The molecule has 16 heavy (non-hydrogen) atoms. The molecular formula is C13H17NO2. The van der Waals surface area contributed by atoms with E-state index in [1.807, 2.05) is 12.1 Å². The number of nitrogens with zero attached hydrogens (tertiary/aromatic N) is 1. The van der Waals surface area contributed by atoms with Crippen molar-refractivity contribution in [1.29, 1.82) is 0 Å². The van der Waals surface area contributed by atoms with Crippen molar-refractivity contribution in [2.24, 2.45) is 0 Å². The van der Waals surface area contributed by atoms with E-state index in [0.29, 0.717) is 17.6 Å². The summed E-state index contributed by atoms with van der Waals surface area (Å²) in [6.45, 7) is 4.43. The average molecular weight is 219 g/mol. The molecule has 0 aliphatic carbocycles. The van der Waals surface area contributed by atoms with Gasteiger partial charge in [0.15, 0.2) is 0 Å². The minimum Gasteiger partial charge on any atom is -0.478 e. The Kier molecular flexibility index (Phi) is 2.86. The lowest BCUT2D eigenvalue weighted by molar-refractivity contribution is 0.0697. The zero-order chi connectivity index (χ0) is 11.7. The van der Waals surface area contributed by atoms with Crippen LogP contribution in [0, 0.1) is 0 Å². The third kappa shape index (κ3) is 1.90. The van der Waals surface area contributed by atoms with Crippen molar-refractivity contribution in [3.63, 3.8) is 0 Å². The molecule has 1 N–H and O–H groups in total. The van der Waals surface area contributed by atoms with Crippen LogP contribution in [0.3, 0.4) is 0 Å². The molecule has 0 aromatic heterocycles. The Bertz CT molecular complexity index is 375. The Hall–Kier alpha value is -1.51. The molecule has 3 heteroatoms. The first-order valence-corrected chi connectivity index (χ1v) is 5.71. The molecule has 1 aliphatic rings. The minimum absolute atomic E-state index is 0.350. The molecule has 0 unspecified atom stereocenters. The zero-order valence-electron chi connectivity index (χ0n) is 9.68. The van der Waals surface area contributed by atoms with E-state index in [1.54, 1.807) is 12.1 Å². The molecule has 1 fully saturated rings. The normalized spacial score (nSPS) is 24.8. The van der Waals surface area contributed by atoms with E-state index in [4.69, 9.17) is 5.11 Å². The predicted octanol–water partition coefficient (Wildman–Crippen LogP) is 2.76. The Balaban J connectivity index is 2.24. The molecule has 1 aliphatic heterocycles. The number of benzene rings is 1. The fraction of sp³-hybridized carbons (Fsp3) is 0.462. The quantitative estimate of drug-likeness (QED) is 0.831. The van der Waals surface area contributed by atoms with E-state index in [1.165, 1.54) is 12.8 Å². The highest BCUT2D eigenvalue weighted by Crippen LogP contribution is 2.30. The first-order valence-electron chi connectivity index (χ1n) is 5.71.